The third-order valence-electron chi connectivity index (χ3n) is 4.54. The molecule has 4 nitrogen and oxygen atoms in total. The summed E-state index contributed by atoms with van der Waals surface area (Å²) in [6.45, 7) is 1.93. The quantitative estimate of drug-likeness (QED) is 0.533. The first-order valence-electron chi connectivity index (χ1n) is 8.00. The zero-order chi connectivity index (χ0) is 18.5. The molecule has 1 atom stereocenters. The molecule has 1 unspecified atom stereocenters. The summed E-state index contributed by atoms with van der Waals surface area (Å²) in [6, 6.07) is 16.1. The number of anilines is 1. The minimum absolute atomic E-state index is 0.248. The SMILES string of the molecule is COc1ccc(S(=O)(=O)N2c3cc(Br)sc3-c3ccccc3C2C)cc1. The van der Waals surface area contributed by atoms with Crippen LogP contribution in [0.4, 0.5) is 5.69 Å². The molecule has 0 N–H and O–H groups in total. The van der Waals surface area contributed by atoms with Crippen molar-refractivity contribution in [2.45, 2.75) is 17.9 Å². The molecule has 0 aliphatic carbocycles. The van der Waals surface area contributed by atoms with E-state index in [1.165, 1.54) is 4.31 Å². The first kappa shape index (κ1) is 17.6. The monoisotopic (exact) mass is 449 g/mol. The number of fused-ring (bicyclic) bond motifs is 3. The lowest BCUT2D eigenvalue weighted by atomic mass is 9.96. The largest absolute Gasteiger partial charge is 0.497 e. The summed E-state index contributed by atoms with van der Waals surface area (Å²) in [6.07, 6.45) is 0. The third-order valence-corrected chi connectivity index (χ3v) is 8.10. The highest BCUT2D eigenvalue weighted by Crippen LogP contribution is 2.51. The Morgan fingerprint density at radius 3 is 2.50 bits per heavy atom. The van der Waals surface area contributed by atoms with Gasteiger partial charge in [0.15, 0.2) is 0 Å². The number of nitrogens with zero attached hydrogens (tertiary/aromatic N) is 1. The topological polar surface area (TPSA) is 46.6 Å². The molecule has 7 heteroatoms. The molecule has 0 spiro atoms. The molecule has 2 heterocycles. The fourth-order valence-corrected chi connectivity index (χ4v) is 6.63. The van der Waals surface area contributed by atoms with Crippen LogP contribution in [0.15, 0.2) is 63.3 Å². The second-order valence-electron chi connectivity index (χ2n) is 6.00. The molecule has 134 valence electrons. The number of sulfonamides is 1. The fraction of sp³-hybridized carbons (Fsp3) is 0.158. The van der Waals surface area contributed by atoms with Crippen molar-refractivity contribution >= 4 is 43.0 Å². The van der Waals surface area contributed by atoms with Crippen molar-refractivity contribution in [3.63, 3.8) is 0 Å². The van der Waals surface area contributed by atoms with Crippen molar-refractivity contribution in [3.8, 4) is 16.2 Å². The van der Waals surface area contributed by atoms with Crippen LogP contribution >= 0.6 is 27.3 Å². The normalized spacial score (nSPS) is 16.1. The van der Waals surface area contributed by atoms with Crippen LogP contribution in [0.5, 0.6) is 5.75 Å². The van der Waals surface area contributed by atoms with Crippen LogP contribution in [0, 0.1) is 0 Å². The van der Waals surface area contributed by atoms with Gasteiger partial charge in [0.05, 0.1) is 32.4 Å². The molecule has 4 rings (SSSR count). The van der Waals surface area contributed by atoms with Gasteiger partial charge in [-0.15, -0.1) is 11.3 Å². The number of methoxy groups -OCH3 is 1. The lowest BCUT2D eigenvalue weighted by Gasteiger charge is -2.35. The highest BCUT2D eigenvalue weighted by atomic mass is 79.9. The maximum absolute atomic E-state index is 13.5. The number of rotatable bonds is 3. The number of benzene rings is 2. The molecule has 0 saturated carbocycles. The first-order chi connectivity index (χ1) is 12.4. The second-order valence-corrected chi connectivity index (χ2v) is 10.3. The van der Waals surface area contributed by atoms with Crippen LogP contribution < -0.4 is 9.04 Å². The summed E-state index contributed by atoms with van der Waals surface area (Å²) >= 11 is 5.06. The molecule has 26 heavy (non-hydrogen) atoms. The van der Waals surface area contributed by atoms with Crippen molar-refractivity contribution in [1.29, 1.82) is 0 Å². The van der Waals surface area contributed by atoms with Crippen molar-refractivity contribution in [2.24, 2.45) is 0 Å². The van der Waals surface area contributed by atoms with Crippen molar-refractivity contribution in [3.05, 3.63) is 63.9 Å². The van der Waals surface area contributed by atoms with Crippen LogP contribution in [0.25, 0.3) is 10.4 Å². The summed E-state index contributed by atoms with van der Waals surface area (Å²) in [5.74, 6) is 0.625. The van der Waals surface area contributed by atoms with E-state index in [1.807, 2.05) is 37.3 Å². The molecule has 1 aromatic heterocycles. The smallest absolute Gasteiger partial charge is 0.264 e. The molecule has 0 radical (unpaired) electrons. The molecular formula is C19H16BrNO3S2. The minimum Gasteiger partial charge on any atom is -0.497 e. The zero-order valence-corrected chi connectivity index (χ0v) is 17.4. The Bertz CT molecular complexity index is 1070. The predicted octanol–water partition coefficient (Wildman–Crippen LogP) is 5.46. The average Bonchev–Trinajstić information content (AvgIpc) is 3.03. The highest BCUT2D eigenvalue weighted by Gasteiger charge is 2.38. The number of hydrogen-bond acceptors (Lipinski definition) is 4. The van der Waals surface area contributed by atoms with E-state index < -0.39 is 10.0 Å². The Labute approximate surface area is 165 Å². The van der Waals surface area contributed by atoms with Crippen molar-refractivity contribution < 1.29 is 13.2 Å². The average molecular weight is 450 g/mol. The lowest BCUT2D eigenvalue weighted by molar-refractivity contribution is 0.414. The van der Waals surface area contributed by atoms with Crippen LogP contribution in [0.1, 0.15) is 18.5 Å². The van der Waals surface area contributed by atoms with Gasteiger partial charge in [0.1, 0.15) is 5.75 Å². The van der Waals surface area contributed by atoms with E-state index in [9.17, 15) is 8.42 Å². The van der Waals surface area contributed by atoms with Gasteiger partial charge in [-0.2, -0.15) is 0 Å². The van der Waals surface area contributed by atoms with E-state index >= 15 is 0 Å². The number of thiophene rings is 1. The molecule has 0 bridgehead atoms. The van der Waals surface area contributed by atoms with E-state index in [1.54, 1.807) is 42.7 Å². The molecule has 3 aromatic rings. The summed E-state index contributed by atoms with van der Waals surface area (Å²) in [5.41, 5.74) is 2.81. The van der Waals surface area contributed by atoms with Crippen LogP contribution in [0.3, 0.4) is 0 Å². The summed E-state index contributed by atoms with van der Waals surface area (Å²) in [5, 5.41) is 0. The van der Waals surface area contributed by atoms with Crippen molar-refractivity contribution in [1.82, 2.24) is 0 Å². The second kappa shape index (κ2) is 6.40. The molecule has 1 aliphatic heterocycles. The highest BCUT2D eigenvalue weighted by molar-refractivity contribution is 9.11. The molecule has 0 fully saturated rings. The minimum atomic E-state index is -3.72. The first-order valence-corrected chi connectivity index (χ1v) is 11.1. The van der Waals surface area contributed by atoms with Gasteiger partial charge in [0.2, 0.25) is 0 Å². The van der Waals surface area contributed by atoms with Gasteiger partial charge in [0.25, 0.3) is 10.0 Å². The Morgan fingerprint density at radius 2 is 1.81 bits per heavy atom. The van der Waals surface area contributed by atoms with E-state index in [0.717, 1.165) is 19.8 Å². The molecule has 2 aromatic carbocycles. The predicted molar refractivity (Wildman–Crippen MR) is 109 cm³/mol. The Balaban J connectivity index is 1.90. The van der Waals surface area contributed by atoms with Crippen LogP contribution in [0.2, 0.25) is 0 Å². The molecule has 1 aliphatic rings. The Hall–Kier alpha value is -1.83. The molecule has 0 saturated heterocycles. The third kappa shape index (κ3) is 2.66. The fourth-order valence-electron chi connectivity index (χ4n) is 3.31. The summed E-state index contributed by atoms with van der Waals surface area (Å²) < 4.78 is 34.5. The Kier molecular flexibility index (Phi) is 4.33. The molecule has 0 amide bonds. The van der Waals surface area contributed by atoms with E-state index in [-0.39, 0.29) is 10.9 Å². The molecular weight excluding hydrogens is 434 g/mol. The van der Waals surface area contributed by atoms with E-state index in [0.29, 0.717) is 11.4 Å². The van der Waals surface area contributed by atoms with Crippen LogP contribution in [-0.4, -0.2) is 15.5 Å². The van der Waals surface area contributed by atoms with Gasteiger partial charge in [-0.25, -0.2) is 8.42 Å². The van der Waals surface area contributed by atoms with Gasteiger partial charge in [-0.05, 0) is 64.3 Å². The lowest BCUT2D eigenvalue weighted by Crippen LogP contribution is -2.35. The van der Waals surface area contributed by atoms with Gasteiger partial charge in [-0.3, -0.25) is 4.31 Å². The van der Waals surface area contributed by atoms with E-state index in [4.69, 9.17) is 4.74 Å². The standard InChI is InChI=1S/C19H16BrNO3S2/c1-12-15-5-3-4-6-16(15)19-17(11-18(20)25-19)21(12)26(22,23)14-9-7-13(24-2)8-10-14/h3-12H,1-2H3. The number of halogens is 1. The number of hydrogen-bond donors (Lipinski definition) is 0. The maximum Gasteiger partial charge on any atom is 0.264 e. The summed E-state index contributed by atoms with van der Waals surface area (Å²) in [7, 11) is -2.16. The van der Waals surface area contributed by atoms with E-state index in [2.05, 4.69) is 15.9 Å². The Morgan fingerprint density at radius 1 is 1.12 bits per heavy atom. The van der Waals surface area contributed by atoms with Crippen LogP contribution in [-0.2, 0) is 10.0 Å². The van der Waals surface area contributed by atoms with Gasteiger partial charge in [0, 0.05) is 0 Å². The zero-order valence-electron chi connectivity index (χ0n) is 14.1. The summed E-state index contributed by atoms with van der Waals surface area (Å²) in [4.78, 5) is 1.21. The van der Waals surface area contributed by atoms with Gasteiger partial charge >= 0.3 is 0 Å². The van der Waals surface area contributed by atoms with Gasteiger partial charge < -0.3 is 4.74 Å². The van der Waals surface area contributed by atoms with Gasteiger partial charge in [-0.1, -0.05) is 24.3 Å². The number of ether oxygens (including phenoxy) is 1. The van der Waals surface area contributed by atoms with Crippen molar-refractivity contribution in [2.75, 3.05) is 11.4 Å². The maximum atomic E-state index is 13.5.